The number of amides is 5. The molecule has 21 heteroatoms. The van der Waals surface area contributed by atoms with Crippen LogP contribution in [0.25, 0.3) is 0 Å². The summed E-state index contributed by atoms with van der Waals surface area (Å²) in [7, 11) is -3.71. The van der Waals surface area contributed by atoms with Gasteiger partial charge in [0.2, 0.25) is 33.7 Å². The van der Waals surface area contributed by atoms with Crippen LogP contribution in [-0.4, -0.2) is 142 Å². The van der Waals surface area contributed by atoms with Crippen molar-refractivity contribution in [1.82, 2.24) is 35.1 Å². The van der Waals surface area contributed by atoms with Gasteiger partial charge in [-0.25, -0.2) is 18.1 Å². The van der Waals surface area contributed by atoms with Crippen molar-refractivity contribution < 1.29 is 41.9 Å². The Balaban J connectivity index is 0.744. The monoisotopic (exact) mass is 939 g/mol. The number of sulfonamides is 1. The molecule has 1 atom stereocenters. The Bertz CT molecular complexity index is 2580. The van der Waals surface area contributed by atoms with Gasteiger partial charge in [-0.15, -0.1) is 0 Å². The maximum Gasteiger partial charge on any atom is 0.262 e. The number of benzene rings is 3. The smallest absolute Gasteiger partial charge is 0.262 e. The number of nitrogens with zero attached hydrogens (tertiary/aromatic N) is 5. The van der Waals surface area contributed by atoms with Crippen molar-refractivity contribution in [3.8, 4) is 0 Å². The van der Waals surface area contributed by atoms with E-state index in [2.05, 4.69) is 51.1 Å². The number of carbonyl (C=O) groups excluding carboxylic acids is 5. The van der Waals surface area contributed by atoms with Gasteiger partial charge in [0.05, 0.1) is 49.0 Å². The average molecular weight is 940 g/mol. The predicted molar refractivity (Wildman–Crippen MR) is 251 cm³/mol. The molecule has 7 rings (SSSR count). The Morgan fingerprint density at radius 3 is 2.24 bits per heavy atom. The Labute approximate surface area is 389 Å². The molecule has 3 aliphatic heterocycles. The van der Waals surface area contributed by atoms with E-state index in [9.17, 15) is 32.4 Å². The lowest BCUT2D eigenvalue weighted by Gasteiger charge is -2.35. The molecular weight excluding hydrogens is 883 g/mol. The third-order valence-corrected chi connectivity index (χ3v) is 12.8. The Kier molecular flexibility index (Phi) is 15.5. The fourth-order valence-corrected chi connectivity index (χ4v) is 9.17. The zero-order valence-corrected chi connectivity index (χ0v) is 38.8. The number of fused-ring (bicyclic) bond motifs is 1. The molecule has 0 saturated carbocycles. The quantitative estimate of drug-likeness (QED) is 0.0551. The molecule has 1 unspecified atom stereocenters. The molecular formula is C46H57N11O9S. The SMILES string of the molecule is Cc1cnc(Nc2ccc(N3CCN(CC(=O)NCCOCCOCCNc4ccc5c(c4)C(=O)N(C4CCC(=O)NC4=O)C5=O)CC3)cc2)nc1Nc1cccc(S(=O)(=O)NC(C)(C)C)c1. The van der Waals surface area contributed by atoms with Crippen LogP contribution in [0, 0.1) is 6.92 Å². The Morgan fingerprint density at radius 2 is 1.52 bits per heavy atom. The molecule has 1 aromatic heterocycles. The van der Waals surface area contributed by atoms with Crippen molar-refractivity contribution in [2.24, 2.45) is 0 Å². The molecule has 4 aromatic rings. The second-order valence-corrected chi connectivity index (χ2v) is 19.1. The first kappa shape index (κ1) is 48.4. The minimum absolute atomic E-state index is 0.0591. The number of rotatable bonds is 20. The summed E-state index contributed by atoms with van der Waals surface area (Å²) in [5, 5.41) is 14.8. The Hall–Kier alpha value is -6.52. The van der Waals surface area contributed by atoms with Crippen LogP contribution in [-0.2, 0) is 33.9 Å². The van der Waals surface area contributed by atoms with E-state index in [0.29, 0.717) is 69.2 Å². The molecule has 0 bridgehead atoms. The summed E-state index contributed by atoms with van der Waals surface area (Å²) in [6.45, 7) is 12.8. The molecule has 4 heterocycles. The van der Waals surface area contributed by atoms with E-state index in [0.717, 1.165) is 48.0 Å². The van der Waals surface area contributed by atoms with Crippen molar-refractivity contribution in [3.63, 3.8) is 0 Å². The van der Waals surface area contributed by atoms with Gasteiger partial charge in [0.15, 0.2) is 0 Å². The van der Waals surface area contributed by atoms with E-state index in [4.69, 9.17) is 9.47 Å². The molecule has 2 fully saturated rings. The first-order valence-corrected chi connectivity index (χ1v) is 23.6. The molecule has 2 saturated heterocycles. The largest absolute Gasteiger partial charge is 0.383 e. The number of carbonyl (C=O) groups is 5. The summed E-state index contributed by atoms with van der Waals surface area (Å²) in [4.78, 5) is 77.0. The van der Waals surface area contributed by atoms with E-state index in [1.165, 1.54) is 0 Å². The van der Waals surface area contributed by atoms with E-state index in [1.54, 1.807) is 69.4 Å². The number of anilines is 6. The summed E-state index contributed by atoms with van der Waals surface area (Å²) < 4.78 is 39.7. The number of aryl methyl sites for hydroxylation is 1. The van der Waals surface area contributed by atoms with Gasteiger partial charge < -0.3 is 35.6 Å². The van der Waals surface area contributed by atoms with Crippen LogP contribution in [0.4, 0.5) is 34.5 Å². The third kappa shape index (κ3) is 12.9. The first-order valence-electron chi connectivity index (χ1n) is 22.1. The molecule has 67 heavy (non-hydrogen) atoms. The van der Waals surface area contributed by atoms with Crippen molar-refractivity contribution in [2.75, 3.05) is 93.1 Å². The molecule has 0 spiro atoms. The molecule has 0 aliphatic carbocycles. The second-order valence-electron chi connectivity index (χ2n) is 17.4. The maximum atomic E-state index is 13.0. The molecule has 5 amide bonds. The van der Waals surface area contributed by atoms with Crippen molar-refractivity contribution >= 4 is 74.1 Å². The maximum absolute atomic E-state index is 13.0. The van der Waals surface area contributed by atoms with E-state index in [-0.39, 0.29) is 34.8 Å². The summed E-state index contributed by atoms with van der Waals surface area (Å²) in [5.41, 5.74) is 3.64. The lowest BCUT2D eigenvalue weighted by molar-refractivity contribution is -0.136. The Morgan fingerprint density at radius 1 is 0.821 bits per heavy atom. The molecule has 20 nitrogen and oxygen atoms in total. The number of nitrogens with one attached hydrogen (secondary N) is 6. The van der Waals surface area contributed by atoms with Gasteiger partial charge in [-0.2, -0.15) is 4.98 Å². The fourth-order valence-electron chi connectivity index (χ4n) is 7.71. The summed E-state index contributed by atoms with van der Waals surface area (Å²) in [6, 6.07) is 18.4. The van der Waals surface area contributed by atoms with Crippen LogP contribution in [0.3, 0.4) is 0 Å². The molecule has 3 aromatic carbocycles. The number of piperazine rings is 1. The van der Waals surface area contributed by atoms with Gasteiger partial charge in [0.1, 0.15) is 11.9 Å². The van der Waals surface area contributed by atoms with Crippen LogP contribution < -0.4 is 36.2 Å². The van der Waals surface area contributed by atoms with Crippen LogP contribution in [0.15, 0.2) is 77.8 Å². The summed E-state index contributed by atoms with van der Waals surface area (Å²) in [6.07, 6.45) is 1.85. The summed E-state index contributed by atoms with van der Waals surface area (Å²) >= 11 is 0. The van der Waals surface area contributed by atoms with Crippen LogP contribution in [0.2, 0.25) is 0 Å². The van der Waals surface area contributed by atoms with Gasteiger partial charge >= 0.3 is 0 Å². The van der Waals surface area contributed by atoms with Crippen molar-refractivity contribution in [3.05, 3.63) is 89.6 Å². The van der Waals surface area contributed by atoms with Crippen molar-refractivity contribution in [2.45, 2.75) is 57.0 Å². The number of hydrogen-bond donors (Lipinski definition) is 6. The minimum Gasteiger partial charge on any atom is -0.383 e. The first-order chi connectivity index (χ1) is 32.0. The highest BCUT2D eigenvalue weighted by Crippen LogP contribution is 2.30. The number of aromatic nitrogens is 2. The van der Waals surface area contributed by atoms with Crippen LogP contribution in [0.5, 0.6) is 0 Å². The van der Waals surface area contributed by atoms with Gasteiger partial charge in [-0.3, -0.25) is 39.1 Å². The van der Waals surface area contributed by atoms with Gasteiger partial charge in [0.25, 0.3) is 11.8 Å². The lowest BCUT2D eigenvalue weighted by Crippen LogP contribution is -2.54. The minimum atomic E-state index is -3.71. The van der Waals surface area contributed by atoms with Crippen LogP contribution >= 0.6 is 0 Å². The highest BCUT2D eigenvalue weighted by atomic mass is 32.2. The van der Waals surface area contributed by atoms with E-state index in [1.807, 2.05) is 31.2 Å². The van der Waals surface area contributed by atoms with E-state index < -0.39 is 45.2 Å². The molecule has 6 N–H and O–H groups in total. The lowest BCUT2D eigenvalue weighted by atomic mass is 10.0. The molecule has 356 valence electrons. The number of piperidine rings is 1. The summed E-state index contributed by atoms with van der Waals surface area (Å²) in [5.74, 6) is -1.33. The predicted octanol–water partition coefficient (Wildman–Crippen LogP) is 3.13. The highest BCUT2D eigenvalue weighted by molar-refractivity contribution is 7.89. The standard InChI is InChI=1S/C46H57N11O9S/c1-30-28-49-45(53-41(30)50-33-6-5-7-35(26-33)67(63,64)54-46(2,3)4)51-31-8-11-34(12-9-31)56-20-18-55(19-21-56)29-40(59)48-17-23-66-25-24-65-22-16-47-32-10-13-36-37(27-32)44(62)57(43(36)61)38-14-15-39(58)52-42(38)60/h5-13,26-28,38,47,54H,14-25,29H2,1-4H3,(H,48,59)(H,52,58,60)(H2,49,50,51,53). The van der Waals surface area contributed by atoms with Gasteiger partial charge in [-0.1, -0.05) is 6.07 Å². The number of imide groups is 2. The topological polar surface area (TPSA) is 246 Å². The zero-order chi connectivity index (χ0) is 47.7. The average Bonchev–Trinajstić information content (AvgIpc) is 3.53. The number of hydrogen-bond acceptors (Lipinski definition) is 16. The molecule has 0 radical (unpaired) electrons. The van der Waals surface area contributed by atoms with Crippen molar-refractivity contribution in [1.29, 1.82) is 0 Å². The molecule has 3 aliphatic rings. The van der Waals surface area contributed by atoms with Gasteiger partial charge in [0, 0.05) is 85.7 Å². The van der Waals surface area contributed by atoms with Gasteiger partial charge in [-0.05, 0) is 94.8 Å². The second kappa shape index (κ2) is 21.4. The number of ether oxygens (including phenoxy) is 2. The highest BCUT2D eigenvalue weighted by Gasteiger charge is 2.44. The third-order valence-electron chi connectivity index (χ3n) is 11.0. The normalized spacial score (nSPS) is 16.7. The zero-order valence-electron chi connectivity index (χ0n) is 38.0. The fraction of sp³-hybridized carbons (Fsp3) is 0.413. The van der Waals surface area contributed by atoms with E-state index >= 15 is 0 Å². The van der Waals surface area contributed by atoms with Crippen LogP contribution in [0.1, 0.15) is 59.9 Å².